The van der Waals surface area contributed by atoms with E-state index in [0.717, 1.165) is 6.07 Å². The second-order valence-electron chi connectivity index (χ2n) is 4.25. The minimum Gasteiger partial charge on any atom is -0.355 e. The van der Waals surface area contributed by atoms with Crippen molar-refractivity contribution in [3.8, 4) is 0 Å². The van der Waals surface area contributed by atoms with Crippen LogP contribution in [0.3, 0.4) is 0 Å². The van der Waals surface area contributed by atoms with Crippen molar-refractivity contribution in [2.75, 3.05) is 6.54 Å². The van der Waals surface area contributed by atoms with Crippen LogP contribution in [-0.4, -0.2) is 12.5 Å². The topological polar surface area (TPSA) is 29.1 Å². The number of rotatable bonds is 2. The molecule has 1 atom stereocenters. The normalized spacial score (nSPS) is 20.0. The average molecular weight is 278 g/mol. The molecule has 0 radical (unpaired) electrons. The fraction of sp³-hybridized carbons (Fsp3) is 0.417. The predicted octanol–water partition coefficient (Wildman–Crippen LogP) is 3.05. The number of carbonyl (C=O) groups is 1. The van der Waals surface area contributed by atoms with Crippen LogP contribution in [0.25, 0.3) is 0 Å². The monoisotopic (exact) mass is 277 g/mol. The zero-order valence-corrected chi connectivity index (χ0v) is 10.1. The van der Waals surface area contributed by atoms with Gasteiger partial charge in [-0.05, 0) is 17.2 Å². The largest absolute Gasteiger partial charge is 0.416 e. The Bertz CT molecular complexity index is 473. The summed E-state index contributed by atoms with van der Waals surface area (Å²) >= 11 is 5.51. The van der Waals surface area contributed by atoms with Gasteiger partial charge >= 0.3 is 6.18 Å². The molecule has 0 bridgehead atoms. The summed E-state index contributed by atoms with van der Waals surface area (Å²) in [6.07, 6.45) is -4.19. The highest BCUT2D eigenvalue weighted by Crippen LogP contribution is 2.35. The molecule has 6 heteroatoms. The third-order valence-corrected chi connectivity index (χ3v) is 3.32. The van der Waals surface area contributed by atoms with E-state index in [0.29, 0.717) is 12.1 Å². The third kappa shape index (κ3) is 2.61. The van der Waals surface area contributed by atoms with Crippen LogP contribution in [0.2, 0.25) is 0 Å². The van der Waals surface area contributed by atoms with Crippen LogP contribution >= 0.6 is 11.6 Å². The Morgan fingerprint density at radius 3 is 2.61 bits per heavy atom. The summed E-state index contributed by atoms with van der Waals surface area (Å²) in [6.45, 7) is 0.385. The number of carbonyl (C=O) groups excluding carboxylic acids is 1. The summed E-state index contributed by atoms with van der Waals surface area (Å²) in [5.74, 6) is -0.505. The van der Waals surface area contributed by atoms with Gasteiger partial charge in [0.05, 0.1) is 5.56 Å². The molecule has 1 amide bonds. The number of amides is 1. The standard InChI is InChI=1S/C12H11ClF3NO/c13-5-8-2-1-7(3-10(8)12(14,15)16)9-4-11(18)17-6-9/h1-3,9H,4-6H2,(H,17,18)/t9-/m1/s1. The number of hydrogen-bond donors (Lipinski definition) is 1. The minimum absolute atomic E-state index is 0.0604. The lowest BCUT2D eigenvalue weighted by Gasteiger charge is -2.15. The summed E-state index contributed by atoms with van der Waals surface area (Å²) in [6, 6.07) is 4.09. The molecule has 1 aliphatic rings. The molecule has 0 aliphatic carbocycles. The molecule has 1 fully saturated rings. The third-order valence-electron chi connectivity index (χ3n) is 3.03. The molecule has 1 aromatic carbocycles. The van der Waals surface area contributed by atoms with Gasteiger partial charge in [0.25, 0.3) is 0 Å². The Morgan fingerprint density at radius 2 is 2.11 bits per heavy atom. The van der Waals surface area contributed by atoms with Crippen molar-refractivity contribution in [1.82, 2.24) is 5.32 Å². The first-order valence-corrected chi connectivity index (χ1v) is 5.98. The second-order valence-corrected chi connectivity index (χ2v) is 4.52. The highest BCUT2D eigenvalue weighted by atomic mass is 35.5. The highest BCUT2D eigenvalue weighted by Gasteiger charge is 2.34. The van der Waals surface area contributed by atoms with Gasteiger partial charge in [0.1, 0.15) is 0 Å². The molecule has 1 aliphatic heterocycles. The average Bonchev–Trinajstić information content (AvgIpc) is 2.74. The molecule has 1 aromatic rings. The zero-order chi connectivity index (χ0) is 13.3. The maximum atomic E-state index is 12.8. The van der Waals surface area contributed by atoms with E-state index in [4.69, 9.17) is 11.6 Å². The first-order chi connectivity index (χ1) is 8.41. The van der Waals surface area contributed by atoms with Crippen LogP contribution in [0, 0.1) is 0 Å². The molecular weight excluding hydrogens is 267 g/mol. The summed E-state index contributed by atoms with van der Waals surface area (Å²) in [7, 11) is 0. The van der Waals surface area contributed by atoms with Crippen LogP contribution < -0.4 is 5.32 Å². The van der Waals surface area contributed by atoms with Crippen LogP contribution in [0.4, 0.5) is 13.2 Å². The summed E-state index contributed by atoms with van der Waals surface area (Å²) in [5.41, 5.74) is -0.130. The predicted molar refractivity (Wildman–Crippen MR) is 61.4 cm³/mol. The van der Waals surface area contributed by atoms with E-state index in [1.54, 1.807) is 6.07 Å². The molecule has 0 unspecified atom stereocenters. The van der Waals surface area contributed by atoms with Gasteiger partial charge in [-0.15, -0.1) is 11.6 Å². The Labute approximate surface area is 107 Å². The van der Waals surface area contributed by atoms with E-state index in [1.807, 2.05) is 0 Å². The van der Waals surface area contributed by atoms with Crippen molar-refractivity contribution in [2.45, 2.75) is 24.4 Å². The zero-order valence-electron chi connectivity index (χ0n) is 9.35. The Kier molecular flexibility index (Phi) is 3.52. The van der Waals surface area contributed by atoms with Gasteiger partial charge in [-0.1, -0.05) is 12.1 Å². The number of benzene rings is 1. The molecule has 1 saturated heterocycles. The SMILES string of the molecule is O=C1C[C@@H](c2ccc(CCl)c(C(F)(F)F)c2)CN1. The number of nitrogens with one attached hydrogen (secondary N) is 1. The fourth-order valence-electron chi connectivity index (χ4n) is 2.07. The maximum absolute atomic E-state index is 12.8. The second kappa shape index (κ2) is 4.80. The Balaban J connectivity index is 2.37. The van der Waals surface area contributed by atoms with Crippen LogP contribution in [-0.2, 0) is 16.9 Å². The van der Waals surface area contributed by atoms with E-state index in [2.05, 4.69) is 5.32 Å². The van der Waals surface area contributed by atoms with Gasteiger partial charge < -0.3 is 5.32 Å². The molecule has 0 aromatic heterocycles. The van der Waals surface area contributed by atoms with Crippen molar-refractivity contribution in [1.29, 1.82) is 0 Å². The highest BCUT2D eigenvalue weighted by molar-refractivity contribution is 6.17. The molecular formula is C12H11ClF3NO. The summed E-state index contributed by atoms with van der Waals surface area (Å²) in [5, 5.41) is 2.61. The van der Waals surface area contributed by atoms with E-state index < -0.39 is 11.7 Å². The first kappa shape index (κ1) is 13.2. The number of alkyl halides is 4. The van der Waals surface area contributed by atoms with Crippen molar-refractivity contribution < 1.29 is 18.0 Å². The van der Waals surface area contributed by atoms with Gasteiger partial charge in [0.15, 0.2) is 0 Å². The van der Waals surface area contributed by atoms with Gasteiger partial charge in [0, 0.05) is 24.8 Å². The quantitative estimate of drug-likeness (QED) is 0.827. The van der Waals surface area contributed by atoms with Gasteiger partial charge in [-0.2, -0.15) is 13.2 Å². The van der Waals surface area contributed by atoms with Gasteiger partial charge in [0.2, 0.25) is 5.91 Å². The lowest BCUT2D eigenvalue weighted by molar-refractivity contribution is -0.138. The Morgan fingerprint density at radius 1 is 1.39 bits per heavy atom. The van der Waals surface area contributed by atoms with Crippen molar-refractivity contribution >= 4 is 17.5 Å². The Hall–Kier alpha value is -1.23. The lowest BCUT2D eigenvalue weighted by Crippen LogP contribution is -2.14. The number of hydrogen-bond acceptors (Lipinski definition) is 1. The van der Waals surface area contributed by atoms with Crippen molar-refractivity contribution in [3.63, 3.8) is 0 Å². The lowest BCUT2D eigenvalue weighted by atomic mass is 9.94. The van der Waals surface area contributed by atoms with E-state index in [-0.39, 0.29) is 29.7 Å². The summed E-state index contributed by atoms with van der Waals surface area (Å²) < 4.78 is 38.5. The van der Waals surface area contributed by atoms with E-state index in [1.165, 1.54) is 6.07 Å². The molecule has 0 saturated carbocycles. The molecule has 1 heterocycles. The first-order valence-electron chi connectivity index (χ1n) is 5.44. The van der Waals surface area contributed by atoms with E-state index in [9.17, 15) is 18.0 Å². The smallest absolute Gasteiger partial charge is 0.355 e. The molecule has 2 rings (SSSR count). The van der Waals surface area contributed by atoms with Crippen molar-refractivity contribution in [2.24, 2.45) is 0 Å². The number of halogens is 4. The van der Waals surface area contributed by atoms with Crippen molar-refractivity contribution in [3.05, 3.63) is 34.9 Å². The van der Waals surface area contributed by atoms with Gasteiger partial charge in [-0.25, -0.2) is 0 Å². The molecule has 1 N–H and O–H groups in total. The fourth-order valence-corrected chi connectivity index (χ4v) is 2.30. The molecule has 18 heavy (non-hydrogen) atoms. The van der Waals surface area contributed by atoms with Gasteiger partial charge in [-0.3, -0.25) is 4.79 Å². The molecule has 98 valence electrons. The molecule has 2 nitrogen and oxygen atoms in total. The summed E-state index contributed by atoms with van der Waals surface area (Å²) in [4.78, 5) is 11.1. The van der Waals surface area contributed by atoms with Crippen LogP contribution in [0.1, 0.15) is 29.0 Å². The maximum Gasteiger partial charge on any atom is 0.416 e. The van der Waals surface area contributed by atoms with Crippen LogP contribution in [0.5, 0.6) is 0 Å². The molecule has 0 spiro atoms. The minimum atomic E-state index is -4.42. The van der Waals surface area contributed by atoms with Crippen LogP contribution in [0.15, 0.2) is 18.2 Å². The van der Waals surface area contributed by atoms with E-state index >= 15 is 0 Å².